The lowest BCUT2D eigenvalue weighted by Crippen LogP contribution is -2.19. The van der Waals surface area contributed by atoms with Crippen molar-refractivity contribution in [1.82, 2.24) is 0 Å². The van der Waals surface area contributed by atoms with Gasteiger partial charge in [0.2, 0.25) is 0 Å². The maximum atomic E-state index is 13.5. The molecule has 1 unspecified atom stereocenters. The molecule has 138 valence electrons. The highest BCUT2D eigenvalue weighted by molar-refractivity contribution is 7.92. The van der Waals surface area contributed by atoms with Gasteiger partial charge in [-0.15, -0.1) is 0 Å². The Morgan fingerprint density at radius 2 is 1.88 bits per heavy atom. The molecule has 2 aliphatic carbocycles. The number of hydrogen-bond acceptors (Lipinski definition) is 4. The van der Waals surface area contributed by atoms with Crippen molar-refractivity contribution >= 4 is 15.8 Å². The summed E-state index contributed by atoms with van der Waals surface area (Å²) in [6, 6.07) is 6.58. The lowest BCUT2D eigenvalue weighted by Gasteiger charge is -2.20. The summed E-state index contributed by atoms with van der Waals surface area (Å²) in [6.07, 6.45) is 3.05. The maximum absolute atomic E-state index is 13.5. The number of alkyl halides is 1. The molecule has 0 bridgehead atoms. The van der Waals surface area contributed by atoms with Crippen molar-refractivity contribution in [3.63, 3.8) is 0 Å². The Bertz CT molecular complexity index is 709. The molecule has 0 amide bonds. The maximum Gasteiger partial charge on any atom is 0.313 e. The summed E-state index contributed by atoms with van der Waals surface area (Å²) in [5, 5.41) is -0.251. The van der Waals surface area contributed by atoms with Crippen LogP contribution in [0.4, 0.5) is 4.39 Å². The van der Waals surface area contributed by atoms with Gasteiger partial charge >= 0.3 is 5.97 Å². The van der Waals surface area contributed by atoms with E-state index in [0.29, 0.717) is 30.8 Å². The van der Waals surface area contributed by atoms with E-state index in [9.17, 15) is 17.6 Å². The highest BCUT2D eigenvalue weighted by Crippen LogP contribution is 2.37. The largest absolute Gasteiger partial charge is 0.466 e. The van der Waals surface area contributed by atoms with E-state index < -0.39 is 21.9 Å². The minimum Gasteiger partial charge on any atom is -0.466 e. The van der Waals surface area contributed by atoms with Crippen molar-refractivity contribution < 1.29 is 22.3 Å². The zero-order valence-corrected chi connectivity index (χ0v) is 15.3. The third-order valence-corrected chi connectivity index (χ3v) is 7.47. The fraction of sp³-hybridized carbons (Fsp3) is 0.632. The van der Waals surface area contributed by atoms with E-state index in [2.05, 4.69) is 0 Å². The Kier molecular flexibility index (Phi) is 5.46. The number of ether oxygens (including phenoxy) is 1. The number of esters is 1. The second-order valence-corrected chi connectivity index (χ2v) is 9.36. The molecule has 1 aromatic carbocycles. The van der Waals surface area contributed by atoms with Crippen molar-refractivity contribution in [2.75, 3.05) is 6.61 Å². The molecular weight excluding hydrogens is 343 g/mol. The van der Waals surface area contributed by atoms with E-state index in [1.165, 1.54) is 0 Å². The van der Waals surface area contributed by atoms with Crippen molar-refractivity contribution in [2.45, 2.75) is 67.7 Å². The zero-order valence-electron chi connectivity index (χ0n) is 14.5. The second kappa shape index (κ2) is 7.44. The van der Waals surface area contributed by atoms with E-state index in [-0.39, 0.29) is 17.1 Å². The highest BCUT2D eigenvalue weighted by atomic mass is 32.2. The molecule has 0 aromatic heterocycles. The van der Waals surface area contributed by atoms with Gasteiger partial charge in [-0.25, -0.2) is 12.8 Å². The Labute approximate surface area is 148 Å². The smallest absolute Gasteiger partial charge is 0.313 e. The Balaban J connectivity index is 1.78. The van der Waals surface area contributed by atoms with Crippen LogP contribution in [-0.2, 0) is 19.4 Å². The lowest BCUT2D eigenvalue weighted by molar-refractivity contribution is -0.145. The molecule has 0 radical (unpaired) electrons. The van der Waals surface area contributed by atoms with Gasteiger partial charge in [0.15, 0.2) is 9.84 Å². The van der Waals surface area contributed by atoms with Crippen LogP contribution in [-0.4, -0.2) is 32.4 Å². The summed E-state index contributed by atoms with van der Waals surface area (Å²) in [4.78, 5) is 12.7. The fourth-order valence-corrected chi connectivity index (χ4v) is 5.29. The molecule has 2 aliphatic rings. The van der Waals surface area contributed by atoms with Crippen molar-refractivity contribution in [1.29, 1.82) is 0 Å². The predicted molar refractivity (Wildman–Crippen MR) is 92.9 cm³/mol. The molecule has 0 N–H and O–H groups in total. The molecule has 2 fully saturated rings. The number of halogens is 1. The first-order valence-electron chi connectivity index (χ1n) is 9.06. The van der Waals surface area contributed by atoms with Crippen LogP contribution >= 0.6 is 0 Å². The summed E-state index contributed by atoms with van der Waals surface area (Å²) in [5.41, 5.74) is 0.746. The first-order chi connectivity index (χ1) is 11.9. The molecule has 25 heavy (non-hydrogen) atoms. The summed E-state index contributed by atoms with van der Waals surface area (Å²) < 4.78 is 43.2. The molecule has 0 saturated heterocycles. The topological polar surface area (TPSA) is 60.4 Å². The molecule has 3 rings (SSSR count). The van der Waals surface area contributed by atoms with Crippen molar-refractivity contribution in [2.24, 2.45) is 5.92 Å². The predicted octanol–water partition coefficient (Wildman–Crippen LogP) is 3.80. The molecule has 4 nitrogen and oxygen atoms in total. The summed E-state index contributed by atoms with van der Waals surface area (Å²) >= 11 is 0. The third kappa shape index (κ3) is 4.22. The van der Waals surface area contributed by atoms with Gasteiger partial charge < -0.3 is 4.74 Å². The second-order valence-electron chi connectivity index (χ2n) is 7.13. The van der Waals surface area contributed by atoms with Crippen LogP contribution in [0.15, 0.2) is 29.2 Å². The van der Waals surface area contributed by atoms with Gasteiger partial charge in [-0.1, -0.05) is 12.1 Å². The van der Waals surface area contributed by atoms with Crippen molar-refractivity contribution in [3.05, 3.63) is 29.8 Å². The Morgan fingerprint density at radius 3 is 2.40 bits per heavy atom. The summed E-state index contributed by atoms with van der Waals surface area (Å²) in [6.45, 7) is 2.05. The van der Waals surface area contributed by atoms with Gasteiger partial charge in [0.05, 0.1) is 22.7 Å². The molecule has 0 heterocycles. The number of benzene rings is 1. The van der Waals surface area contributed by atoms with E-state index in [1.54, 1.807) is 31.2 Å². The van der Waals surface area contributed by atoms with E-state index in [0.717, 1.165) is 24.8 Å². The number of hydrogen-bond donors (Lipinski definition) is 0. The number of sulfone groups is 1. The molecule has 6 heteroatoms. The molecule has 2 saturated carbocycles. The van der Waals surface area contributed by atoms with Gasteiger partial charge in [-0.3, -0.25) is 4.79 Å². The molecule has 1 aromatic rings. The number of carbonyl (C=O) groups excluding carboxylic acids is 1. The van der Waals surface area contributed by atoms with Gasteiger partial charge in [-0.05, 0) is 69.1 Å². The minimum atomic E-state index is -3.23. The van der Waals surface area contributed by atoms with Gasteiger partial charge in [0.25, 0.3) is 0 Å². The number of rotatable bonds is 7. The quantitative estimate of drug-likeness (QED) is 0.687. The normalized spacial score (nSPS) is 24.9. The Hall–Kier alpha value is -1.43. The van der Waals surface area contributed by atoms with Crippen LogP contribution in [0.25, 0.3) is 0 Å². The average molecular weight is 368 g/mol. The van der Waals surface area contributed by atoms with Gasteiger partial charge in [0.1, 0.15) is 6.17 Å². The Morgan fingerprint density at radius 1 is 1.20 bits per heavy atom. The van der Waals surface area contributed by atoms with Crippen LogP contribution in [0.5, 0.6) is 0 Å². The summed E-state index contributed by atoms with van der Waals surface area (Å²) in [7, 11) is -3.23. The van der Waals surface area contributed by atoms with E-state index in [1.807, 2.05) is 0 Å². The molecule has 0 aliphatic heterocycles. The molecule has 0 spiro atoms. The molecular formula is C19H25FO4S. The first kappa shape index (κ1) is 18.4. The molecule has 3 atom stereocenters. The lowest BCUT2D eigenvalue weighted by atomic mass is 9.88. The van der Waals surface area contributed by atoms with Gasteiger partial charge in [-0.2, -0.15) is 0 Å². The van der Waals surface area contributed by atoms with E-state index in [4.69, 9.17) is 4.74 Å². The zero-order chi connectivity index (χ0) is 18.0. The average Bonchev–Trinajstić information content (AvgIpc) is 3.37. The standard InChI is InChI=1S/C19H25FO4S/c1-2-24-19(21)18(12-13-3-6-15(20)11-13)14-4-7-16(8-5-14)25(22,23)17-9-10-17/h4-5,7-8,13,15,17-18H,2-3,6,9-12H2,1H3/t13-,15+,18?/m0/s1. The number of carbonyl (C=O) groups is 1. The minimum absolute atomic E-state index is 0.166. The SMILES string of the molecule is CCOC(=O)C(C[C@H]1CC[C@@H](F)C1)c1ccc(S(=O)(=O)C2CC2)cc1. The van der Waals surface area contributed by atoms with Crippen LogP contribution < -0.4 is 0 Å². The highest BCUT2D eigenvalue weighted by Gasteiger charge is 2.37. The fourth-order valence-electron chi connectivity index (χ4n) is 3.63. The van der Waals surface area contributed by atoms with Crippen LogP contribution in [0.3, 0.4) is 0 Å². The van der Waals surface area contributed by atoms with Gasteiger partial charge in [0, 0.05) is 0 Å². The first-order valence-corrected chi connectivity index (χ1v) is 10.6. The van der Waals surface area contributed by atoms with E-state index >= 15 is 0 Å². The van der Waals surface area contributed by atoms with Crippen LogP contribution in [0.2, 0.25) is 0 Å². The monoisotopic (exact) mass is 368 g/mol. The third-order valence-electron chi connectivity index (χ3n) is 5.19. The van der Waals surface area contributed by atoms with Crippen molar-refractivity contribution in [3.8, 4) is 0 Å². The summed E-state index contributed by atoms with van der Waals surface area (Å²) in [5.74, 6) is -0.616. The van der Waals surface area contributed by atoms with Crippen LogP contribution in [0, 0.1) is 5.92 Å². The van der Waals surface area contributed by atoms with Crippen LogP contribution in [0.1, 0.15) is 56.9 Å².